The number of nitrogens with one attached hydrogen (secondary N) is 1. The van der Waals surface area contributed by atoms with Gasteiger partial charge in [0.05, 0.1) is 19.6 Å². The van der Waals surface area contributed by atoms with Gasteiger partial charge in [0.2, 0.25) is 5.91 Å². The van der Waals surface area contributed by atoms with E-state index in [2.05, 4.69) is 10.3 Å². The number of carbonyl (C=O) groups is 4. The van der Waals surface area contributed by atoms with Crippen LogP contribution in [0.1, 0.15) is 76.5 Å². The van der Waals surface area contributed by atoms with E-state index in [1.807, 2.05) is 61.5 Å². The largest absolute Gasteiger partial charge is 0.497 e. The first-order chi connectivity index (χ1) is 23.9. The fourth-order valence-corrected chi connectivity index (χ4v) is 6.53. The Labute approximate surface area is 294 Å². The van der Waals surface area contributed by atoms with Gasteiger partial charge in [-0.25, -0.2) is 24.3 Å². The molecule has 5 rings (SSSR count). The second-order valence-corrected chi connectivity index (χ2v) is 14.1. The average molecular weight is 685 g/mol. The highest BCUT2D eigenvalue weighted by Gasteiger charge is 2.55. The molecule has 1 aliphatic carbocycles. The van der Waals surface area contributed by atoms with Gasteiger partial charge in [0, 0.05) is 12.2 Å². The molecule has 2 aliphatic rings. The number of ether oxygens (including phenoxy) is 3. The summed E-state index contributed by atoms with van der Waals surface area (Å²) in [5.41, 5.74) is 1.52. The number of methoxy groups -OCH3 is 1. The number of anilines is 1. The molecule has 0 spiro atoms. The van der Waals surface area contributed by atoms with Gasteiger partial charge < -0.3 is 19.5 Å². The third kappa shape index (κ3) is 9.19. The van der Waals surface area contributed by atoms with Crippen LogP contribution in [-0.2, 0) is 38.6 Å². The number of benzene rings is 2. The van der Waals surface area contributed by atoms with Gasteiger partial charge in [0.15, 0.2) is 6.04 Å². The summed E-state index contributed by atoms with van der Waals surface area (Å²) in [4.78, 5) is 61.2. The van der Waals surface area contributed by atoms with Crippen molar-refractivity contribution in [1.82, 2.24) is 15.2 Å². The zero-order chi connectivity index (χ0) is 35.8. The number of amides is 4. The van der Waals surface area contributed by atoms with Gasteiger partial charge in [-0.1, -0.05) is 61.7 Å². The number of aromatic nitrogens is 1. The molecule has 3 aromatic rings. The molecule has 4 amide bonds. The van der Waals surface area contributed by atoms with E-state index in [9.17, 15) is 19.2 Å². The zero-order valence-electron chi connectivity index (χ0n) is 29.6. The molecule has 50 heavy (non-hydrogen) atoms. The molecule has 11 heteroatoms. The van der Waals surface area contributed by atoms with Gasteiger partial charge in [-0.2, -0.15) is 0 Å². The number of likely N-dealkylation sites (tertiary alicyclic amines) is 1. The van der Waals surface area contributed by atoms with Gasteiger partial charge in [0.1, 0.15) is 23.8 Å². The minimum absolute atomic E-state index is 0.0145. The Balaban J connectivity index is 1.37. The van der Waals surface area contributed by atoms with E-state index >= 15 is 0 Å². The van der Waals surface area contributed by atoms with Crippen molar-refractivity contribution in [2.24, 2.45) is 11.8 Å². The summed E-state index contributed by atoms with van der Waals surface area (Å²) in [6, 6.07) is 18.2. The lowest BCUT2D eigenvalue weighted by atomic mass is 9.82. The van der Waals surface area contributed by atoms with Gasteiger partial charge in [-0.05, 0) is 93.8 Å². The van der Waals surface area contributed by atoms with Crippen LogP contribution in [0.4, 0.5) is 15.4 Å². The van der Waals surface area contributed by atoms with Gasteiger partial charge in [0.25, 0.3) is 0 Å². The van der Waals surface area contributed by atoms with Crippen LogP contribution in [0.2, 0.25) is 0 Å². The minimum atomic E-state index is -1.11. The van der Waals surface area contributed by atoms with E-state index in [1.165, 1.54) is 11.3 Å². The first-order valence-electron chi connectivity index (χ1n) is 17.4. The van der Waals surface area contributed by atoms with Crippen LogP contribution >= 0.6 is 0 Å². The molecule has 0 bridgehead atoms. The molecule has 2 aromatic carbocycles. The summed E-state index contributed by atoms with van der Waals surface area (Å²) < 4.78 is 16.7. The third-order valence-corrected chi connectivity index (χ3v) is 9.26. The van der Waals surface area contributed by atoms with Crippen molar-refractivity contribution in [3.63, 3.8) is 0 Å². The topological polar surface area (TPSA) is 127 Å². The summed E-state index contributed by atoms with van der Waals surface area (Å²) in [6.45, 7) is 7.51. The Kier molecular flexibility index (Phi) is 11.8. The van der Waals surface area contributed by atoms with Gasteiger partial charge in [-0.15, -0.1) is 0 Å². The van der Waals surface area contributed by atoms with Crippen molar-refractivity contribution in [1.29, 1.82) is 0 Å². The lowest BCUT2D eigenvalue weighted by molar-refractivity contribution is -0.170. The van der Waals surface area contributed by atoms with Crippen molar-refractivity contribution in [2.75, 3.05) is 12.0 Å². The maximum atomic E-state index is 13.7. The summed E-state index contributed by atoms with van der Waals surface area (Å²) in [6.07, 6.45) is 6.55. The second-order valence-electron chi connectivity index (χ2n) is 14.1. The molecular formula is C39H48N4O7. The van der Waals surface area contributed by atoms with Gasteiger partial charge in [-0.3, -0.25) is 9.69 Å². The monoisotopic (exact) mass is 684 g/mol. The Hall–Kier alpha value is -4.93. The molecule has 1 unspecified atom stereocenters. The van der Waals surface area contributed by atoms with Crippen molar-refractivity contribution in [2.45, 2.75) is 97.1 Å². The Morgan fingerprint density at radius 2 is 1.66 bits per heavy atom. The van der Waals surface area contributed by atoms with Crippen LogP contribution in [0.25, 0.3) is 0 Å². The SMILES string of the molecule is COc1ccc(CN(C(=O)OC(C)(C)C)c2cc(CC3C(=O)N(C(=O)N[C@H](C)C4CCCCC4)[C@@H]3C(=O)OCc3ccccc3)ccn2)cc1. The molecular weight excluding hydrogens is 636 g/mol. The number of urea groups is 1. The predicted molar refractivity (Wildman–Crippen MR) is 188 cm³/mol. The number of hydrogen-bond donors (Lipinski definition) is 1. The maximum Gasteiger partial charge on any atom is 0.416 e. The third-order valence-electron chi connectivity index (χ3n) is 9.26. The van der Waals surface area contributed by atoms with Crippen LogP contribution in [0.5, 0.6) is 5.75 Å². The van der Waals surface area contributed by atoms with E-state index in [0.29, 0.717) is 23.0 Å². The Morgan fingerprint density at radius 1 is 0.960 bits per heavy atom. The molecule has 11 nitrogen and oxygen atoms in total. The van der Waals surface area contributed by atoms with E-state index in [-0.39, 0.29) is 25.6 Å². The second kappa shape index (κ2) is 16.2. The lowest BCUT2D eigenvalue weighted by Crippen LogP contribution is -2.69. The highest BCUT2D eigenvalue weighted by molar-refractivity contribution is 6.08. The van der Waals surface area contributed by atoms with Crippen molar-refractivity contribution >= 4 is 29.8 Å². The molecule has 0 radical (unpaired) electrons. The first-order valence-corrected chi connectivity index (χ1v) is 17.4. The number of hydrogen-bond acceptors (Lipinski definition) is 8. The van der Waals surface area contributed by atoms with Crippen LogP contribution in [-0.4, -0.2) is 58.7 Å². The average Bonchev–Trinajstić information content (AvgIpc) is 3.11. The molecule has 3 atom stereocenters. The number of carbonyl (C=O) groups excluding carboxylic acids is 4. The summed E-state index contributed by atoms with van der Waals surface area (Å²) >= 11 is 0. The number of rotatable bonds is 11. The molecule has 1 saturated heterocycles. The fraction of sp³-hybridized carbons (Fsp3) is 0.462. The van der Waals surface area contributed by atoms with Crippen LogP contribution < -0.4 is 15.0 Å². The highest BCUT2D eigenvalue weighted by atomic mass is 16.6. The standard InChI is InChI=1S/C39H48N4O7/c1-26(30-14-10-7-11-15-30)41-37(46)43-34(36(45)49-25-28-12-8-6-9-13-28)32(35(43)44)22-29-20-21-40-33(23-29)42(38(47)50-39(2,3)4)24-27-16-18-31(48-5)19-17-27/h6,8-9,12-13,16-21,23,26,30,32,34H,7,10-11,14-15,22,24-25H2,1-5H3,(H,41,46)/t26-,32?,34+/m1/s1. The molecule has 2 heterocycles. The van der Waals surface area contributed by atoms with E-state index in [1.54, 1.807) is 46.2 Å². The Bertz CT molecular complexity index is 1630. The van der Waals surface area contributed by atoms with Crippen LogP contribution in [0.15, 0.2) is 72.9 Å². The molecule has 1 saturated carbocycles. The Morgan fingerprint density at radius 3 is 2.32 bits per heavy atom. The van der Waals surface area contributed by atoms with E-state index < -0.39 is 41.6 Å². The quantitative estimate of drug-likeness (QED) is 0.172. The van der Waals surface area contributed by atoms with Crippen LogP contribution in [0.3, 0.4) is 0 Å². The van der Waals surface area contributed by atoms with Crippen molar-refractivity contribution in [3.05, 3.63) is 89.6 Å². The predicted octanol–water partition coefficient (Wildman–Crippen LogP) is 6.82. The smallest absolute Gasteiger partial charge is 0.416 e. The van der Waals surface area contributed by atoms with Crippen molar-refractivity contribution < 1.29 is 33.4 Å². The molecule has 1 aliphatic heterocycles. The summed E-state index contributed by atoms with van der Waals surface area (Å²) in [5.74, 6) is -0.627. The molecule has 1 N–H and O–H groups in total. The van der Waals surface area contributed by atoms with E-state index in [0.717, 1.165) is 41.7 Å². The fourth-order valence-electron chi connectivity index (χ4n) is 6.53. The molecule has 266 valence electrons. The normalized spacial score (nSPS) is 18.4. The zero-order valence-corrected chi connectivity index (χ0v) is 29.6. The number of pyridine rings is 1. The maximum absolute atomic E-state index is 13.7. The number of esters is 1. The molecule has 1 aromatic heterocycles. The number of imide groups is 1. The minimum Gasteiger partial charge on any atom is -0.497 e. The van der Waals surface area contributed by atoms with Crippen molar-refractivity contribution in [3.8, 4) is 5.75 Å². The summed E-state index contributed by atoms with van der Waals surface area (Å²) in [7, 11) is 1.58. The van der Waals surface area contributed by atoms with Gasteiger partial charge >= 0.3 is 18.1 Å². The summed E-state index contributed by atoms with van der Waals surface area (Å²) in [5, 5.41) is 2.99. The number of nitrogens with zero attached hydrogens (tertiary/aromatic N) is 3. The lowest BCUT2D eigenvalue weighted by Gasteiger charge is -2.44. The first kappa shape index (κ1) is 36.4. The van der Waals surface area contributed by atoms with Crippen LogP contribution in [0, 0.1) is 11.8 Å². The molecule has 2 fully saturated rings. The van der Waals surface area contributed by atoms with E-state index in [4.69, 9.17) is 14.2 Å². The number of β-lactam (4-membered cyclic amide) rings is 1. The highest BCUT2D eigenvalue weighted by Crippen LogP contribution is 2.33.